The molecule has 3 N–H and O–H groups in total. The Morgan fingerprint density at radius 3 is 2.50 bits per heavy atom. The number of rotatable bonds is 6. The standard InChI is InChI=1S/C20H26ClN5O2/c1-2-23-20(24-13-17-7-8-18(28-17)19(22)27)26-11-9-25(10-12-26)14-15-3-5-16(21)6-4-15/h3-8H,2,9-14H2,1H3,(H2,22,27)(H,23,24). The van der Waals surface area contributed by atoms with Crippen LogP contribution in [0.4, 0.5) is 0 Å². The number of halogens is 1. The minimum absolute atomic E-state index is 0.158. The zero-order valence-corrected chi connectivity index (χ0v) is 16.8. The van der Waals surface area contributed by atoms with Crippen LogP contribution >= 0.6 is 11.6 Å². The molecule has 7 nitrogen and oxygen atoms in total. The van der Waals surface area contributed by atoms with E-state index in [9.17, 15) is 4.79 Å². The molecule has 2 heterocycles. The maximum Gasteiger partial charge on any atom is 0.284 e. The van der Waals surface area contributed by atoms with E-state index < -0.39 is 5.91 Å². The van der Waals surface area contributed by atoms with Gasteiger partial charge < -0.3 is 20.4 Å². The topological polar surface area (TPSA) is 87.1 Å². The first kappa shape index (κ1) is 20.2. The molecular weight excluding hydrogens is 378 g/mol. The minimum Gasteiger partial charge on any atom is -0.454 e. The van der Waals surface area contributed by atoms with E-state index in [-0.39, 0.29) is 5.76 Å². The average Bonchev–Trinajstić information content (AvgIpc) is 3.17. The minimum atomic E-state index is -0.570. The van der Waals surface area contributed by atoms with Gasteiger partial charge in [0.05, 0.1) is 0 Å². The molecule has 0 atom stereocenters. The number of amides is 1. The Hall–Kier alpha value is -2.51. The molecule has 1 aliphatic heterocycles. The molecule has 0 aliphatic carbocycles. The van der Waals surface area contributed by atoms with E-state index in [4.69, 9.17) is 21.8 Å². The molecule has 1 saturated heterocycles. The van der Waals surface area contributed by atoms with Crippen LogP contribution in [0.5, 0.6) is 0 Å². The summed E-state index contributed by atoms with van der Waals surface area (Å²) in [6.07, 6.45) is 0. The normalized spacial score (nSPS) is 15.6. The molecule has 3 rings (SSSR count). The summed E-state index contributed by atoms with van der Waals surface area (Å²) < 4.78 is 5.41. The maximum absolute atomic E-state index is 11.1. The molecule has 2 aromatic rings. The number of piperazine rings is 1. The smallest absolute Gasteiger partial charge is 0.284 e. The molecule has 1 aliphatic rings. The summed E-state index contributed by atoms with van der Waals surface area (Å²) >= 11 is 5.96. The highest BCUT2D eigenvalue weighted by atomic mass is 35.5. The van der Waals surface area contributed by atoms with Crippen molar-refractivity contribution >= 4 is 23.5 Å². The second-order valence-electron chi connectivity index (χ2n) is 6.69. The van der Waals surface area contributed by atoms with Gasteiger partial charge in [-0.25, -0.2) is 4.99 Å². The van der Waals surface area contributed by atoms with Crippen LogP contribution in [-0.4, -0.2) is 54.4 Å². The third-order valence-corrected chi connectivity index (χ3v) is 4.87. The van der Waals surface area contributed by atoms with Crippen molar-refractivity contribution in [2.24, 2.45) is 10.7 Å². The number of nitrogens with zero attached hydrogens (tertiary/aromatic N) is 3. The molecule has 0 bridgehead atoms. The summed E-state index contributed by atoms with van der Waals surface area (Å²) in [6.45, 7) is 7.81. The lowest BCUT2D eigenvalue weighted by Gasteiger charge is -2.36. The van der Waals surface area contributed by atoms with Crippen LogP contribution in [-0.2, 0) is 13.1 Å². The second-order valence-corrected chi connectivity index (χ2v) is 7.13. The summed E-state index contributed by atoms with van der Waals surface area (Å²) in [5.74, 6) is 1.06. The fraction of sp³-hybridized carbons (Fsp3) is 0.400. The largest absolute Gasteiger partial charge is 0.454 e. The number of carbonyl (C=O) groups is 1. The molecule has 0 saturated carbocycles. The van der Waals surface area contributed by atoms with E-state index in [0.29, 0.717) is 12.3 Å². The van der Waals surface area contributed by atoms with Gasteiger partial charge in [0.25, 0.3) is 5.91 Å². The fourth-order valence-electron chi connectivity index (χ4n) is 3.14. The number of furan rings is 1. The Bertz CT molecular complexity index is 810. The number of primary amides is 1. The van der Waals surface area contributed by atoms with Crippen LogP contribution in [0.3, 0.4) is 0 Å². The molecule has 0 spiro atoms. The molecule has 1 fully saturated rings. The third kappa shape index (κ3) is 5.50. The number of carbonyl (C=O) groups excluding carboxylic acids is 1. The van der Waals surface area contributed by atoms with Crippen LogP contribution in [0.2, 0.25) is 5.02 Å². The first-order valence-corrected chi connectivity index (χ1v) is 9.81. The van der Waals surface area contributed by atoms with Crippen molar-refractivity contribution in [2.45, 2.75) is 20.0 Å². The van der Waals surface area contributed by atoms with Crippen LogP contribution in [0.1, 0.15) is 28.8 Å². The maximum atomic E-state index is 11.1. The Morgan fingerprint density at radius 1 is 1.18 bits per heavy atom. The van der Waals surface area contributed by atoms with Gasteiger partial charge in [0.1, 0.15) is 12.3 Å². The summed E-state index contributed by atoms with van der Waals surface area (Å²) in [6, 6.07) is 11.3. The molecule has 1 aromatic heterocycles. The molecule has 1 amide bonds. The highest BCUT2D eigenvalue weighted by molar-refractivity contribution is 6.30. The van der Waals surface area contributed by atoms with Crippen molar-refractivity contribution in [1.82, 2.24) is 15.1 Å². The number of guanidine groups is 1. The van der Waals surface area contributed by atoms with Crippen LogP contribution < -0.4 is 11.1 Å². The van der Waals surface area contributed by atoms with Gasteiger partial charge in [-0.15, -0.1) is 0 Å². The molecule has 150 valence electrons. The molecule has 0 unspecified atom stereocenters. The van der Waals surface area contributed by atoms with Crippen LogP contribution in [0.15, 0.2) is 45.8 Å². The van der Waals surface area contributed by atoms with Gasteiger partial charge in [-0.3, -0.25) is 9.69 Å². The summed E-state index contributed by atoms with van der Waals surface area (Å²) in [5, 5.41) is 4.10. The predicted octanol–water partition coefficient (Wildman–Crippen LogP) is 2.32. The molecule has 28 heavy (non-hydrogen) atoms. The average molecular weight is 404 g/mol. The summed E-state index contributed by atoms with van der Waals surface area (Å²) in [7, 11) is 0. The summed E-state index contributed by atoms with van der Waals surface area (Å²) in [4.78, 5) is 20.5. The van der Waals surface area contributed by atoms with E-state index >= 15 is 0 Å². The lowest BCUT2D eigenvalue weighted by molar-refractivity contribution is 0.0972. The molecular formula is C20H26ClN5O2. The highest BCUT2D eigenvalue weighted by Gasteiger charge is 2.20. The Balaban J connectivity index is 1.55. The SMILES string of the molecule is CCNC(=NCc1ccc(C(N)=O)o1)N1CCN(Cc2ccc(Cl)cc2)CC1. The number of benzene rings is 1. The van der Waals surface area contributed by atoms with E-state index in [1.165, 1.54) is 5.56 Å². The van der Waals surface area contributed by atoms with Crippen LogP contribution in [0, 0.1) is 0 Å². The van der Waals surface area contributed by atoms with Crippen molar-refractivity contribution in [3.63, 3.8) is 0 Å². The first-order valence-electron chi connectivity index (χ1n) is 9.43. The Morgan fingerprint density at radius 2 is 1.89 bits per heavy atom. The van der Waals surface area contributed by atoms with Crippen molar-refractivity contribution in [1.29, 1.82) is 0 Å². The van der Waals surface area contributed by atoms with Gasteiger partial charge in [-0.05, 0) is 36.8 Å². The van der Waals surface area contributed by atoms with Crippen molar-refractivity contribution in [3.8, 4) is 0 Å². The number of hydrogen-bond donors (Lipinski definition) is 2. The fourth-order valence-corrected chi connectivity index (χ4v) is 3.27. The van der Waals surface area contributed by atoms with Crippen LogP contribution in [0.25, 0.3) is 0 Å². The van der Waals surface area contributed by atoms with Crippen molar-refractivity contribution < 1.29 is 9.21 Å². The van der Waals surface area contributed by atoms with Crippen molar-refractivity contribution in [3.05, 3.63) is 58.5 Å². The first-order chi connectivity index (χ1) is 13.5. The monoisotopic (exact) mass is 403 g/mol. The van der Waals surface area contributed by atoms with E-state index in [1.54, 1.807) is 12.1 Å². The molecule has 1 aromatic carbocycles. The zero-order valence-electron chi connectivity index (χ0n) is 16.0. The molecule has 8 heteroatoms. The number of aliphatic imine (C=N–C) groups is 1. The van der Waals surface area contributed by atoms with Gasteiger partial charge >= 0.3 is 0 Å². The molecule has 0 radical (unpaired) electrons. The Kier molecular flexibility index (Phi) is 6.95. The van der Waals surface area contributed by atoms with E-state index in [1.807, 2.05) is 19.1 Å². The number of nitrogens with two attached hydrogens (primary N) is 1. The lowest BCUT2D eigenvalue weighted by atomic mass is 10.2. The third-order valence-electron chi connectivity index (χ3n) is 4.62. The van der Waals surface area contributed by atoms with Gasteiger partial charge in [0.2, 0.25) is 0 Å². The number of nitrogens with one attached hydrogen (secondary N) is 1. The van der Waals surface area contributed by atoms with Gasteiger partial charge in [-0.1, -0.05) is 23.7 Å². The van der Waals surface area contributed by atoms with Gasteiger partial charge in [0, 0.05) is 44.3 Å². The lowest BCUT2D eigenvalue weighted by Crippen LogP contribution is -2.52. The quantitative estimate of drug-likeness (QED) is 0.571. The predicted molar refractivity (Wildman–Crippen MR) is 110 cm³/mol. The second kappa shape index (κ2) is 9.61. The van der Waals surface area contributed by atoms with Gasteiger partial charge in [-0.2, -0.15) is 0 Å². The van der Waals surface area contributed by atoms with E-state index in [0.717, 1.165) is 50.3 Å². The van der Waals surface area contributed by atoms with Crippen molar-refractivity contribution in [2.75, 3.05) is 32.7 Å². The Labute approximate surface area is 170 Å². The number of hydrogen-bond acceptors (Lipinski definition) is 4. The van der Waals surface area contributed by atoms with E-state index in [2.05, 4.69) is 32.2 Å². The van der Waals surface area contributed by atoms with Gasteiger partial charge in [0.15, 0.2) is 11.7 Å². The summed E-state index contributed by atoms with van der Waals surface area (Å²) in [5.41, 5.74) is 6.49. The highest BCUT2D eigenvalue weighted by Crippen LogP contribution is 2.13. The zero-order chi connectivity index (χ0) is 19.9.